The lowest BCUT2D eigenvalue weighted by Crippen LogP contribution is -2.48. The summed E-state index contributed by atoms with van der Waals surface area (Å²) < 4.78 is 0. The fourth-order valence-corrected chi connectivity index (χ4v) is 3.59. The second-order valence-corrected chi connectivity index (χ2v) is 6.34. The third kappa shape index (κ3) is 3.25. The van der Waals surface area contributed by atoms with Crippen LogP contribution in [0.2, 0.25) is 0 Å². The maximum atomic E-state index is 12.3. The third-order valence-corrected chi connectivity index (χ3v) is 4.96. The van der Waals surface area contributed by atoms with E-state index in [0.29, 0.717) is 19.0 Å². The van der Waals surface area contributed by atoms with E-state index in [1.807, 2.05) is 6.92 Å². The van der Waals surface area contributed by atoms with E-state index < -0.39 is 11.9 Å². The molecule has 114 valence electrons. The molecule has 0 spiro atoms. The monoisotopic (exact) mass is 282 g/mol. The molecule has 0 radical (unpaired) electrons. The van der Waals surface area contributed by atoms with Crippen molar-refractivity contribution in [1.82, 2.24) is 10.2 Å². The molecule has 2 aliphatic rings. The Morgan fingerprint density at radius 3 is 2.55 bits per heavy atom. The first-order valence-corrected chi connectivity index (χ1v) is 7.81. The van der Waals surface area contributed by atoms with Crippen LogP contribution in [-0.4, -0.2) is 41.1 Å². The van der Waals surface area contributed by atoms with Crippen molar-refractivity contribution in [3.63, 3.8) is 0 Å². The van der Waals surface area contributed by atoms with Gasteiger partial charge < -0.3 is 15.3 Å². The number of urea groups is 1. The lowest BCUT2D eigenvalue weighted by atomic mass is 9.83. The van der Waals surface area contributed by atoms with Gasteiger partial charge in [-0.1, -0.05) is 33.1 Å². The van der Waals surface area contributed by atoms with Gasteiger partial charge in [0.15, 0.2) is 0 Å². The van der Waals surface area contributed by atoms with Crippen molar-refractivity contribution in [2.75, 3.05) is 13.1 Å². The number of hydrogen-bond acceptors (Lipinski definition) is 2. The van der Waals surface area contributed by atoms with Gasteiger partial charge in [-0.25, -0.2) is 4.79 Å². The largest absolute Gasteiger partial charge is 0.481 e. The lowest BCUT2D eigenvalue weighted by molar-refractivity contribution is -0.142. The first-order valence-electron chi connectivity index (χ1n) is 7.81. The Labute approximate surface area is 120 Å². The number of carbonyl (C=O) groups excluding carboxylic acids is 1. The molecular formula is C15H26N2O3. The van der Waals surface area contributed by atoms with E-state index >= 15 is 0 Å². The molecule has 0 aromatic heterocycles. The van der Waals surface area contributed by atoms with Crippen LogP contribution in [0.5, 0.6) is 0 Å². The smallest absolute Gasteiger partial charge is 0.317 e. The second kappa shape index (κ2) is 6.46. The maximum Gasteiger partial charge on any atom is 0.317 e. The summed E-state index contributed by atoms with van der Waals surface area (Å²) in [6, 6.07) is 0.186. The molecule has 1 saturated heterocycles. The summed E-state index contributed by atoms with van der Waals surface area (Å²) in [6.07, 6.45) is 5.77. The highest BCUT2D eigenvalue weighted by molar-refractivity contribution is 5.77. The SMILES string of the molecule is CCC1CCCCC1NC(=O)N1C[C@@H](C)[C@H](C(=O)O)C1. The van der Waals surface area contributed by atoms with Crippen LogP contribution >= 0.6 is 0 Å². The summed E-state index contributed by atoms with van der Waals surface area (Å²) in [6.45, 7) is 4.97. The number of hydrogen-bond donors (Lipinski definition) is 2. The van der Waals surface area contributed by atoms with E-state index in [4.69, 9.17) is 5.11 Å². The average molecular weight is 282 g/mol. The van der Waals surface area contributed by atoms with Crippen LogP contribution in [0.4, 0.5) is 4.79 Å². The van der Waals surface area contributed by atoms with Crippen molar-refractivity contribution in [3.8, 4) is 0 Å². The highest BCUT2D eigenvalue weighted by Gasteiger charge is 2.38. The first-order chi connectivity index (χ1) is 9.52. The maximum absolute atomic E-state index is 12.3. The van der Waals surface area contributed by atoms with Gasteiger partial charge in [0.05, 0.1) is 5.92 Å². The minimum Gasteiger partial charge on any atom is -0.481 e. The number of likely N-dealkylation sites (tertiary alicyclic amines) is 1. The lowest BCUT2D eigenvalue weighted by Gasteiger charge is -2.33. The topological polar surface area (TPSA) is 69.6 Å². The van der Waals surface area contributed by atoms with Gasteiger partial charge in [0.2, 0.25) is 0 Å². The van der Waals surface area contributed by atoms with E-state index in [1.54, 1.807) is 4.90 Å². The molecule has 1 aliphatic heterocycles. The molecule has 5 heteroatoms. The van der Waals surface area contributed by atoms with Crippen molar-refractivity contribution < 1.29 is 14.7 Å². The van der Waals surface area contributed by atoms with E-state index in [1.165, 1.54) is 19.3 Å². The Morgan fingerprint density at radius 1 is 1.25 bits per heavy atom. The third-order valence-electron chi connectivity index (χ3n) is 4.96. The normalized spacial score (nSPS) is 34.0. The number of aliphatic carboxylic acids is 1. The second-order valence-electron chi connectivity index (χ2n) is 6.34. The van der Waals surface area contributed by atoms with Crippen molar-refractivity contribution in [2.45, 2.75) is 52.0 Å². The minimum atomic E-state index is -0.795. The van der Waals surface area contributed by atoms with Crippen molar-refractivity contribution in [2.24, 2.45) is 17.8 Å². The van der Waals surface area contributed by atoms with Gasteiger partial charge in [-0.15, -0.1) is 0 Å². The molecule has 20 heavy (non-hydrogen) atoms. The molecule has 5 nitrogen and oxygen atoms in total. The molecule has 0 bridgehead atoms. The summed E-state index contributed by atoms with van der Waals surface area (Å²) in [5.74, 6) is -0.611. The van der Waals surface area contributed by atoms with Crippen LogP contribution in [0.15, 0.2) is 0 Å². The van der Waals surface area contributed by atoms with Gasteiger partial charge in [-0.3, -0.25) is 4.79 Å². The number of nitrogens with zero attached hydrogens (tertiary/aromatic N) is 1. The molecule has 2 amide bonds. The molecular weight excluding hydrogens is 256 g/mol. The predicted octanol–water partition coefficient (Wildman–Crippen LogP) is 2.32. The molecule has 2 N–H and O–H groups in total. The Morgan fingerprint density at radius 2 is 1.95 bits per heavy atom. The molecule has 0 aromatic rings. The summed E-state index contributed by atoms with van der Waals surface area (Å²) in [5, 5.41) is 12.3. The van der Waals surface area contributed by atoms with Crippen LogP contribution in [0.25, 0.3) is 0 Å². The minimum absolute atomic E-state index is 0.0339. The molecule has 2 fully saturated rings. The van der Waals surface area contributed by atoms with Crippen LogP contribution in [-0.2, 0) is 4.79 Å². The number of carboxylic acid groups (broad SMARTS) is 1. The van der Waals surface area contributed by atoms with Gasteiger partial charge in [-0.2, -0.15) is 0 Å². The van der Waals surface area contributed by atoms with Gasteiger partial charge in [0, 0.05) is 19.1 Å². The summed E-state index contributed by atoms with van der Waals surface area (Å²) in [5.41, 5.74) is 0. The molecule has 0 aromatic carbocycles. The highest BCUT2D eigenvalue weighted by Crippen LogP contribution is 2.28. The Hall–Kier alpha value is -1.26. The van der Waals surface area contributed by atoms with Gasteiger partial charge in [0.1, 0.15) is 0 Å². The quantitative estimate of drug-likeness (QED) is 0.834. The Kier molecular flexibility index (Phi) is 4.89. The molecule has 1 heterocycles. The van der Waals surface area contributed by atoms with E-state index in [9.17, 15) is 9.59 Å². The summed E-state index contributed by atoms with van der Waals surface area (Å²) in [4.78, 5) is 25.1. The summed E-state index contributed by atoms with van der Waals surface area (Å²) in [7, 11) is 0. The number of carbonyl (C=O) groups is 2. The fourth-order valence-electron chi connectivity index (χ4n) is 3.59. The summed E-state index contributed by atoms with van der Waals surface area (Å²) >= 11 is 0. The number of nitrogens with one attached hydrogen (secondary N) is 1. The average Bonchev–Trinajstić information content (AvgIpc) is 2.81. The van der Waals surface area contributed by atoms with Crippen molar-refractivity contribution in [3.05, 3.63) is 0 Å². The zero-order valence-corrected chi connectivity index (χ0v) is 12.5. The van der Waals surface area contributed by atoms with Crippen molar-refractivity contribution >= 4 is 12.0 Å². The zero-order chi connectivity index (χ0) is 14.7. The first kappa shape index (κ1) is 15.1. The molecule has 1 saturated carbocycles. The molecule has 2 rings (SSSR count). The predicted molar refractivity (Wildman–Crippen MR) is 76.4 cm³/mol. The van der Waals surface area contributed by atoms with Crippen LogP contribution in [0.3, 0.4) is 0 Å². The van der Waals surface area contributed by atoms with E-state index in [-0.39, 0.29) is 18.0 Å². The van der Waals surface area contributed by atoms with Gasteiger partial charge >= 0.3 is 12.0 Å². The Bertz CT molecular complexity index is 372. The number of rotatable bonds is 3. The zero-order valence-electron chi connectivity index (χ0n) is 12.5. The van der Waals surface area contributed by atoms with Crippen molar-refractivity contribution in [1.29, 1.82) is 0 Å². The number of carboxylic acids is 1. The van der Waals surface area contributed by atoms with Gasteiger partial charge in [-0.05, 0) is 24.7 Å². The molecule has 2 unspecified atom stereocenters. The van der Waals surface area contributed by atoms with Crippen LogP contribution < -0.4 is 5.32 Å². The Balaban J connectivity index is 1.90. The standard InChI is InChI=1S/C15H26N2O3/c1-3-11-6-4-5-7-13(11)16-15(20)17-8-10(2)12(9-17)14(18)19/h10-13H,3-9H2,1-2H3,(H,16,20)(H,18,19)/t10-,11?,12-,13?/m1/s1. The van der Waals surface area contributed by atoms with E-state index in [0.717, 1.165) is 12.8 Å². The highest BCUT2D eigenvalue weighted by atomic mass is 16.4. The number of amides is 2. The fraction of sp³-hybridized carbons (Fsp3) is 0.867. The van der Waals surface area contributed by atoms with Crippen LogP contribution in [0, 0.1) is 17.8 Å². The molecule has 4 atom stereocenters. The molecule has 1 aliphatic carbocycles. The van der Waals surface area contributed by atoms with E-state index in [2.05, 4.69) is 12.2 Å². The van der Waals surface area contributed by atoms with Crippen LogP contribution in [0.1, 0.15) is 46.0 Å². The van der Waals surface area contributed by atoms with Gasteiger partial charge in [0.25, 0.3) is 0 Å².